The van der Waals surface area contributed by atoms with Crippen molar-refractivity contribution in [2.45, 2.75) is 69.9 Å². The molecule has 4 aliphatic carbocycles. The van der Waals surface area contributed by atoms with Gasteiger partial charge in [-0.3, -0.25) is 9.18 Å². The van der Waals surface area contributed by atoms with E-state index in [0.717, 1.165) is 73.0 Å². The molecule has 4 nitrogen and oxygen atoms in total. The number of alkyl halides is 1. The van der Waals surface area contributed by atoms with Crippen molar-refractivity contribution in [1.29, 1.82) is 0 Å². The molecule has 0 radical (unpaired) electrons. The molecule has 0 atom stereocenters. The Hall–Kier alpha value is -1.91. The van der Waals surface area contributed by atoms with Gasteiger partial charge in [0.05, 0.1) is 12.2 Å². The molecule has 4 bridgehead atoms. The monoisotopic (exact) mass is 383 g/mol. The van der Waals surface area contributed by atoms with Crippen LogP contribution in [0.5, 0.6) is 0 Å². The fourth-order valence-corrected chi connectivity index (χ4v) is 6.60. The Morgan fingerprint density at radius 2 is 1.86 bits per heavy atom. The number of fused-ring (bicyclic) bond motifs is 1. The van der Waals surface area contributed by atoms with Gasteiger partial charge in [0.25, 0.3) is 5.91 Å². The summed E-state index contributed by atoms with van der Waals surface area (Å²) in [5, 5.41) is 4.42. The van der Waals surface area contributed by atoms with Crippen molar-refractivity contribution in [3.8, 4) is 0 Å². The van der Waals surface area contributed by atoms with Crippen LogP contribution >= 0.6 is 0 Å². The van der Waals surface area contributed by atoms with Gasteiger partial charge in [0.2, 0.25) is 0 Å². The topological polar surface area (TPSA) is 46.9 Å². The lowest BCUT2D eigenvalue weighted by Crippen LogP contribution is -2.59. The second-order valence-corrected chi connectivity index (χ2v) is 9.51. The maximum Gasteiger partial charge on any atom is 0.253 e. The van der Waals surface area contributed by atoms with E-state index in [1.54, 1.807) is 6.20 Å². The first-order valence-electron chi connectivity index (χ1n) is 11.0. The molecule has 1 amide bonds. The normalized spacial score (nSPS) is 30.8. The minimum absolute atomic E-state index is 0.0175. The van der Waals surface area contributed by atoms with Crippen LogP contribution < -0.4 is 5.32 Å². The molecule has 0 unspecified atom stereocenters. The average Bonchev–Trinajstić information content (AvgIpc) is 3.03. The van der Waals surface area contributed by atoms with Gasteiger partial charge in [-0.15, -0.1) is 0 Å². The zero-order valence-electron chi connectivity index (χ0n) is 16.5. The Labute approximate surface area is 165 Å². The molecule has 28 heavy (non-hydrogen) atoms. The van der Waals surface area contributed by atoms with Crippen LogP contribution in [-0.2, 0) is 6.54 Å². The van der Waals surface area contributed by atoms with Gasteiger partial charge < -0.3 is 9.88 Å². The van der Waals surface area contributed by atoms with Crippen LogP contribution in [0.15, 0.2) is 24.5 Å². The predicted octanol–water partition coefficient (Wildman–Crippen LogP) is 4.87. The summed E-state index contributed by atoms with van der Waals surface area (Å²) in [4.78, 5) is 17.8. The third-order valence-electron chi connectivity index (χ3n) is 7.33. The fraction of sp³-hybridized carbons (Fsp3) is 0.652. The van der Waals surface area contributed by atoms with Crippen molar-refractivity contribution in [2.75, 3.05) is 6.67 Å². The van der Waals surface area contributed by atoms with E-state index in [4.69, 9.17) is 0 Å². The SMILES string of the molecule is O=C(NC12CC3CC(CC(C3)C1)C2)c1cn(CCCCCF)c2ncccc12. The van der Waals surface area contributed by atoms with E-state index in [0.29, 0.717) is 6.42 Å². The lowest BCUT2D eigenvalue weighted by atomic mass is 9.53. The minimum atomic E-state index is -0.261. The maximum absolute atomic E-state index is 13.3. The Balaban J connectivity index is 1.37. The van der Waals surface area contributed by atoms with Crippen molar-refractivity contribution in [3.05, 3.63) is 30.1 Å². The Bertz CT molecular complexity index is 839. The van der Waals surface area contributed by atoms with E-state index in [1.807, 2.05) is 18.3 Å². The number of carbonyl (C=O) groups is 1. The fourth-order valence-electron chi connectivity index (χ4n) is 6.60. The smallest absolute Gasteiger partial charge is 0.253 e. The van der Waals surface area contributed by atoms with Gasteiger partial charge in [-0.25, -0.2) is 4.98 Å². The lowest BCUT2D eigenvalue weighted by Gasteiger charge is -2.56. The van der Waals surface area contributed by atoms with Crippen LogP contribution in [-0.4, -0.2) is 27.7 Å². The summed E-state index contributed by atoms with van der Waals surface area (Å²) in [6, 6.07) is 3.90. The standard InChI is InChI=1S/C23H30FN3O/c24-6-2-1-3-8-27-15-20(19-5-4-7-25-21(19)27)22(28)26-23-12-16-9-17(13-23)11-18(10-16)14-23/h4-5,7,15-18H,1-3,6,8-14H2,(H,26,28). The average molecular weight is 384 g/mol. The van der Waals surface area contributed by atoms with Crippen LogP contribution in [0.4, 0.5) is 4.39 Å². The van der Waals surface area contributed by atoms with Crippen molar-refractivity contribution >= 4 is 16.9 Å². The number of carbonyl (C=O) groups excluding carboxylic acids is 1. The van der Waals surface area contributed by atoms with Gasteiger partial charge >= 0.3 is 0 Å². The summed E-state index contributed by atoms with van der Waals surface area (Å²) in [7, 11) is 0. The van der Waals surface area contributed by atoms with Crippen molar-refractivity contribution < 1.29 is 9.18 Å². The van der Waals surface area contributed by atoms with Gasteiger partial charge in [0.15, 0.2) is 0 Å². The van der Waals surface area contributed by atoms with Crippen LogP contribution in [0, 0.1) is 17.8 Å². The molecule has 4 fully saturated rings. The molecule has 2 heterocycles. The van der Waals surface area contributed by atoms with Crippen LogP contribution in [0.3, 0.4) is 0 Å². The summed E-state index contributed by atoms with van der Waals surface area (Å²) in [6.07, 6.45) is 13.7. The first kappa shape index (κ1) is 18.1. The molecule has 0 saturated heterocycles. The molecule has 2 aromatic rings. The van der Waals surface area contributed by atoms with E-state index < -0.39 is 0 Å². The number of pyridine rings is 1. The molecular weight excluding hydrogens is 353 g/mol. The Kier molecular flexibility index (Phi) is 4.64. The number of amides is 1. The maximum atomic E-state index is 13.3. The highest BCUT2D eigenvalue weighted by Gasteiger charge is 2.51. The highest BCUT2D eigenvalue weighted by molar-refractivity contribution is 6.06. The van der Waals surface area contributed by atoms with E-state index in [-0.39, 0.29) is 18.1 Å². The molecule has 0 spiro atoms. The third kappa shape index (κ3) is 3.23. The van der Waals surface area contributed by atoms with Gasteiger partial charge in [-0.2, -0.15) is 0 Å². The number of aryl methyl sites for hydroxylation is 1. The molecule has 5 heteroatoms. The molecular formula is C23H30FN3O. The van der Waals surface area contributed by atoms with Gasteiger partial charge in [0, 0.05) is 29.9 Å². The first-order chi connectivity index (χ1) is 13.7. The molecule has 4 aliphatic rings. The molecule has 1 N–H and O–H groups in total. The summed E-state index contributed by atoms with van der Waals surface area (Å²) in [5.74, 6) is 2.49. The number of halogens is 1. The highest BCUT2D eigenvalue weighted by atomic mass is 19.1. The predicted molar refractivity (Wildman–Crippen MR) is 108 cm³/mol. The molecule has 0 aromatic carbocycles. The van der Waals surface area contributed by atoms with Crippen molar-refractivity contribution in [2.24, 2.45) is 17.8 Å². The molecule has 2 aromatic heterocycles. The van der Waals surface area contributed by atoms with E-state index in [1.165, 1.54) is 19.3 Å². The number of nitrogens with one attached hydrogen (secondary N) is 1. The van der Waals surface area contributed by atoms with Gasteiger partial charge in [-0.1, -0.05) is 0 Å². The number of unbranched alkanes of at least 4 members (excludes halogenated alkanes) is 2. The van der Waals surface area contributed by atoms with Crippen LogP contribution in [0.1, 0.15) is 68.1 Å². The first-order valence-corrected chi connectivity index (χ1v) is 11.0. The summed E-state index contributed by atoms with van der Waals surface area (Å²) < 4.78 is 14.4. The number of hydrogen-bond acceptors (Lipinski definition) is 2. The Morgan fingerprint density at radius 3 is 2.54 bits per heavy atom. The summed E-state index contributed by atoms with van der Waals surface area (Å²) in [5.41, 5.74) is 1.62. The van der Waals surface area contributed by atoms with Crippen molar-refractivity contribution in [3.63, 3.8) is 0 Å². The molecule has 4 saturated carbocycles. The molecule has 150 valence electrons. The molecule has 6 rings (SSSR count). The number of nitrogens with zero attached hydrogens (tertiary/aromatic N) is 2. The zero-order chi connectivity index (χ0) is 19.1. The zero-order valence-corrected chi connectivity index (χ0v) is 16.5. The van der Waals surface area contributed by atoms with E-state index >= 15 is 0 Å². The van der Waals surface area contributed by atoms with E-state index in [2.05, 4.69) is 14.9 Å². The number of hydrogen-bond donors (Lipinski definition) is 1. The van der Waals surface area contributed by atoms with Crippen LogP contribution in [0.25, 0.3) is 11.0 Å². The Morgan fingerprint density at radius 1 is 1.14 bits per heavy atom. The van der Waals surface area contributed by atoms with E-state index in [9.17, 15) is 9.18 Å². The lowest BCUT2D eigenvalue weighted by molar-refractivity contribution is -0.0166. The van der Waals surface area contributed by atoms with Crippen LogP contribution in [0.2, 0.25) is 0 Å². The quantitative estimate of drug-likeness (QED) is 0.693. The summed E-state index contributed by atoms with van der Waals surface area (Å²) >= 11 is 0. The summed E-state index contributed by atoms with van der Waals surface area (Å²) in [6.45, 7) is 0.515. The highest BCUT2D eigenvalue weighted by Crippen LogP contribution is 2.55. The second kappa shape index (κ2) is 7.16. The van der Waals surface area contributed by atoms with Gasteiger partial charge in [-0.05, 0) is 87.7 Å². The van der Waals surface area contributed by atoms with Gasteiger partial charge in [0.1, 0.15) is 5.65 Å². The molecule has 0 aliphatic heterocycles. The largest absolute Gasteiger partial charge is 0.347 e. The number of rotatable bonds is 7. The number of aromatic nitrogens is 2. The van der Waals surface area contributed by atoms with Crippen molar-refractivity contribution in [1.82, 2.24) is 14.9 Å². The minimum Gasteiger partial charge on any atom is -0.347 e. The third-order valence-corrected chi connectivity index (χ3v) is 7.33. The second-order valence-electron chi connectivity index (χ2n) is 9.51.